The third-order valence-electron chi connectivity index (χ3n) is 9.55. The van der Waals surface area contributed by atoms with Gasteiger partial charge in [0.1, 0.15) is 11.9 Å². The van der Waals surface area contributed by atoms with E-state index in [4.69, 9.17) is 13.9 Å². The number of ether oxygens (including phenoxy) is 2. The lowest BCUT2D eigenvalue weighted by Crippen LogP contribution is -2.64. The largest absolute Gasteiger partial charge is 0.468 e. The van der Waals surface area contributed by atoms with Crippen molar-refractivity contribution >= 4 is 0 Å². The van der Waals surface area contributed by atoms with Crippen molar-refractivity contribution in [1.29, 1.82) is 0 Å². The Balaban J connectivity index is 1.70. The van der Waals surface area contributed by atoms with Crippen LogP contribution in [0.2, 0.25) is 0 Å². The Morgan fingerprint density at radius 2 is 1.88 bits per heavy atom. The van der Waals surface area contributed by atoms with E-state index >= 15 is 0 Å². The van der Waals surface area contributed by atoms with Gasteiger partial charge in [-0.3, -0.25) is 4.79 Å². The van der Waals surface area contributed by atoms with E-state index in [1.54, 1.807) is 34.8 Å². The van der Waals surface area contributed by atoms with Crippen LogP contribution in [0.4, 0.5) is 0 Å². The number of aliphatic hydroxyl groups is 2. The molecule has 4 rings (SSSR count). The van der Waals surface area contributed by atoms with Gasteiger partial charge in [-0.25, -0.2) is 0 Å². The van der Waals surface area contributed by atoms with E-state index in [9.17, 15) is 15.0 Å². The molecule has 0 aromatic carbocycles. The van der Waals surface area contributed by atoms with E-state index in [1.165, 1.54) is 5.57 Å². The molecule has 1 aliphatic heterocycles. The summed E-state index contributed by atoms with van der Waals surface area (Å²) in [6.45, 7) is 16.0. The summed E-state index contributed by atoms with van der Waals surface area (Å²) in [5.74, 6) is 1.29. The molecule has 2 saturated carbocycles. The van der Waals surface area contributed by atoms with E-state index in [2.05, 4.69) is 20.4 Å². The highest BCUT2D eigenvalue weighted by molar-refractivity contribution is 5.33. The molecule has 1 aromatic heterocycles. The van der Waals surface area contributed by atoms with Gasteiger partial charge < -0.3 is 24.1 Å². The molecule has 7 unspecified atom stereocenters. The average Bonchev–Trinajstić information content (AvgIpc) is 2.73. The minimum absolute atomic E-state index is 0.0107. The maximum absolute atomic E-state index is 13.2. The van der Waals surface area contributed by atoms with Gasteiger partial charge in [0.15, 0.2) is 5.43 Å². The van der Waals surface area contributed by atoms with Crippen LogP contribution in [0.25, 0.3) is 0 Å². The van der Waals surface area contributed by atoms with Crippen molar-refractivity contribution in [2.45, 2.75) is 104 Å². The molecule has 3 fully saturated rings. The van der Waals surface area contributed by atoms with E-state index in [0.717, 1.165) is 25.7 Å². The summed E-state index contributed by atoms with van der Waals surface area (Å²) in [6, 6.07) is 0. The first-order chi connectivity index (χ1) is 15.7. The highest BCUT2D eigenvalue weighted by Crippen LogP contribution is 2.64. The Hall–Kier alpha value is -1.63. The molecule has 1 aromatic rings. The van der Waals surface area contributed by atoms with Crippen LogP contribution in [0.3, 0.4) is 0 Å². The Bertz CT molecular complexity index is 1020. The van der Waals surface area contributed by atoms with Gasteiger partial charge in [-0.15, -0.1) is 0 Å². The van der Waals surface area contributed by atoms with Gasteiger partial charge in [0.25, 0.3) is 5.95 Å². The van der Waals surface area contributed by atoms with E-state index in [0.29, 0.717) is 41.6 Å². The first-order valence-electron chi connectivity index (χ1n) is 12.6. The minimum Gasteiger partial charge on any atom is -0.468 e. The number of aliphatic hydroxyl groups excluding tert-OH is 1. The van der Waals surface area contributed by atoms with E-state index < -0.39 is 17.8 Å². The molecule has 2 N–H and O–H groups in total. The molecule has 2 aliphatic carbocycles. The monoisotopic (exact) mass is 474 g/mol. The lowest BCUT2D eigenvalue weighted by atomic mass is 9.44. The second-order valence-corrected chi connectivity index (χ2v) is 12.1. The fourth-order valence-electron chi connectivity index (χ4n) is 7.61. The second-order valence-electron chi connectivity index (χ2n) is 12.1. The lowest BCUT2D eigenvalue weighted by molar-refractivity contribution is -0.268. The number of allylic oxidation sites excluding steroid dienone is 1. The molecule has 1 saturated heterocycles. The molecule has 190 valence electrons. The summed E-state index contributed by atoms with van der Waals surface area (Å²) in [5.41, 5.74) is 0.963. The van der Waals surface area contributed by atoms with Gasteiger partial charge in [-0.2, -0.15) is 0 Å². The summed E-state index contributed by atoms with van der Waals surface area (Å²) in [7, 11) is 1.54. The predicted octanol–water partition coefficient (Wildman–Crippen LogP) is 4.49. The SMILES string of the molecule is C=C1CCC2C3(C)CC(O)C(C(C)(C)O)OC3CCC2(C)C1Cc1c(OC)oc(C)c(C)c1=O. The molecule has 6 nitrogen and oxygen atoms in total. The smallest absolute Gasteiger partial charge is 0.291 e. The van der Waals surface area contributed by atoms with E-state index in [1.807, 2.05) is 0 Å². The number of rotatable bonds is 4. The number of aryl methyl sites for hydroxylation is 1. The van der Waals surface area contributed by atoms with Gasteiger partial charge in [-0.05, 0) is 88.9 Å². The topological polar surface area (TPSA) is 89.1 Å². The molecular formula is C28H42O6. The van der Waals surface area contributed by atoms with Crippen LogP contribution >= 0.6 is 0 Å². The maximum atomic E-state index is 13.2. The molecule has 6 heteroatoms. The number of hydrogen-bond donors (Lipinski definition) is 2. The van der Waals surface area contributed by atoms with Crippen LogP contribution in [-0.2, 0) is 11.2 Å². The van der Waals surface area contributed by atoms with Crippen molar-refractivity contribution < 1.29 is 24.1 Å². The predicted molar refractivity (Wildman–Crippen MR) is 131 cm³/mol. The molecule has 7 atom stereocenters. The van der Waals surface area contributed by atoms with Gasteiger partial charge >= 0.3 is 0 Å². The first-order valence-corrected chi connectivity index (χ1v) is 12.6. The molecule has 0 spiro atoms. The Kier molecular flexibility index (Phi) is 6.36. The number of methoxy groups -OCH3 is 1. The van der Waals surface area contributed by atoms with Crippen LogP contribution in [0, 0.1) is 36.5 Å². The van der Waals surface area contributed by atoms with Crippen LogP contribution in [0.15, 0.2) is 21.4 Å². The van der Waals surface area contributed by atoms with Crippen molar-refractivity contribution in [3.8, 4) is 5.95 Å². The molecule has 34 heavy (non-hydrogen) atoms. The summed E-state index contributed by atoms with van der Waals surface area (Å²) in [5, 5.41) is 21.6. The number of fused-ring (bicyclic) bond motifs is 3. The highest BCUT2D eigenvalue weighted by Gasteiger charge is 2.62. The van der Waals surface area contributed by atoms with Crippen molar-refractivity contribution in [1.82, 2.24) is 0 Å². The summed E-state index contributed by atoms with van der Waals surface area (Å²) < 4.78 is 17.8. The van der Waals surface area contributed by atoms with E-state index in [-0.39, 0.29) is 28.3 Å². The fourth-order valence-corrected chi connectivity index (χ4v) is 7.61. The van der Waals surface area contributed by atoms with Crippen molar-refractivity contribution in [3.63, 3.8) is 0 Å². The van der Waals surface area contributed by atoms with Crippen LogP contribution in [-0.4, -0.2) is 41.2 Å². The second kappa shape index (κ2) is 8.49. The van der Waals surface area contributed by atoms with Crippen LogP contribution < -0.4 is 10.2 Å². The quantitative estimate of drug-likeness (QED) is 0.625. The van der Waals surface area contributed by atoms with Crippen molar-refractivity contribution in [2.24, 2.45) is 22.7 Å². The molecule has 3 aliphatic rings. The molecule has 0 radical (unpaired) electrons. The minimum atomic E-state index is -1.10. The van der Waals surface area contributed by atoms with Crippen molar-refractivity contribution in [3.05, 3.63) is 39.3 Å². The van der Waals surface area contributed by atoms with Gasteiger partial charge in [0.2, 0.25) is 0 Å². The Labute approximate surface area is 203 Å². The Morgan fingerprint density at radius 3 is 2.50 bits per heavy atom. The third-order valence-corrected chi connectivity index (χ3v) is 9.55. The maximum Gasteiger partial charge on any atom is 0.291 e. The highest BCUT2D eigenvalue weighted by atomic mass is 16.6. The van der Waals surface area contributed by atoms with Gasteiger partial charge in [-0.1, -0.05) is 26.0 Å². The molecule has 0 amide bonds. The summed E-state index contributed by atoms with van der Waals surface area (Å²) in [4.78, 5) is 13.2. The van der Waals surface area contributed by atoms with Crippen LogP contribution in [0.1, 0.15) is 76.7 Å². The van der Waals surface area contributed by atoms with Gasteiger partial charge in [0.05, 0.1) is 30.5 Å². The van der Waals surface area contributed by atoms with Gasteiger partial charge in [0, 0.05) is 5.56 Å². The summed E-state index contributed by atoms with van der Waals surface area (Å²) in [6.07, 6.45) is 3.47. The zero-order chi connectivity index (χ0) is 25.2. The Morgan fingerprint density at radius 1 is 1.21 bits per heavy atom. The first kappa shape index (κ1) is 25.5. The fraction of sp³-hybridized carbons (Fsp3) is 0.750. The third kappa shape index (κ3) is 3.86. The van der Waals surface area contributed by atoms with Crippen LogP contribution in [0.5, 0.6) is 5.95 Å². The number of hydrogen-bond acceptors (Lipinski definition) is 6. The molecular weight excluding hydrogens is 432 g/mol. The molecule has 0 bridgehead atoms. The molecule has 2 heterocycles. The average molecular weight is 475 g/mol. The van der Waals surface area contributed by atoms with Crippen molar-refractivity contribution in [2.75, 3.05) is 7.11 Å². The zero-order valence-corrected chi connectivity index (χ0v) is 21.9. The lowest BCUT2D eigenvalue weighted by Gasteiger charge is -2.64. The normalized spacial score (nSPS) is 38.3. The standard InChI is InChI=1S/C28H42O6/c1-15-9-10-21-27(6,19(15)13-18-23(30)16(2)17(3)33-25(18)32-8)12-11-22-28(21,7)14-20(29)24(34-22)26(4,5)31/h19-22,24,29,31H,1,9-14H2,2-8H3. The zero-order valence-electron chi connectivity index (χ0n) is 21.9. The summed E-state index contributed by atoms with van der Waals surface area (Å²) >= 11 is 0.